The molecule has 1 saturated heterocycles. The van der Waals surface area contributed by atoms with E-state index in [9.17, 15) is 44.7 Å². The zero-order valence-electron chi connectivity index (χ0n) is 36.4. The first-order chi connectivity index (χ1) is 30.7. The molecular formula is C44H61N9O11. The molecule has 1 aliphatic heterocycles. The van der Waals surface area contributed by atoms with Gasteiger partial charge in [0.2, 0.25) is 11.8 Å². The molecule has 6 atom stereocenters. The molecule has 0 bridgehead atoms. The Labute approximate surface area is 371 Å². The fourth-order valence-corrected chi connectivity index (χ4v) is 8.22. The first kappa shape index (κ1) is 49.4. The van der Waals surface area contributed by atoms with Crippen molar-refractivity contribution < 1.29 is 54.2 Å². The van der Waals surface area contributed by atoms with E-state index in [4.69, 9.17) is 15.0 Å². The van der Waals surface area contributed by atoms with E-state index in [-0.39, 0.29) is 62.2 Å². The number of benzene rings is 2. The van der Waals surface area contributed by atoms with Crippen molar-refractivity contribution in [1.29, 1.82) is 0 Å². The van der Waals surface area contributed by atoms with Gasteiger partial charge in [0.1, 0.15) is 24.5 Å². The third-order valence-corrected chi connectivity index (χ3v) is 11.8. The molecule has 2 aromatic carbocycles. The zero-order chi connectivity index (χ0) is 46.2. The summed E-state index contributed by atoms with van der Waals surface area (Å²) in [5.74, 6) is -5.42. The number of aliphatic hydroxyl groups is 3. The predicted molar refractivity (Wildman–Crippen MR) is 230 cm³/mol. The molecule has 348 valence electrons. The fraction of sp³-hybridized carbons (Fsp3) is 0.591. The number of carboxylic acids is 1. The molecule has 2 aliphatic rings. The summed E-state index contributed by atoms with van der Waals surface area (Å²) < 4.78 is 13.3. The van der Waals surface area contributed by atoms with Crippen LogP contribution in [0.3, 0.4) is 0 Å². The highest BCUT2D eigenvalue weighted by molar-refractivity contribution is 5.95. The Morgan fingerprint density at radius 2 is 1.78 bits per heavy atom. The number of aromatic nitrogens is 3. The molecule has 64 heavy (non-hydrogen) atoms. The van der Waals surface area contributed by atoms with E-state index in [2.05, 4.69) is 31.0 Å². The Bertz CT molecular complexity index is 2050. The summed E-state index contributed by atoms with van der Waals surface area (Å²) in [6, 6.07) is 10.7. The lowest BCUT2D eigenvalue weighted by Crippen LogP contribution is -2.68. The Hall–Kier alpha value is -5.63. The van der Waals surface area contributed by atoms with Crippen LogP contribution in [-0.2, 0) is 36.9 Å². The van der Waals surface area contributed by atoms with Crippen molar-refractivity contribution in [3.05, 3.63) is 87.1 Å². The van der Waals surface area contributed by atoms with Crippen LogP contribution in [0.4, 0.5) is 0 Å². The monoisotopic (exact) mass is 891 g/mol. The number of phenols is 1. The SMILES string of the molecule is Cc1cc(C(=O)NC[C@@H](O)[C@@H](O)C2O[C@@](OCCCN(Cc3ccccc3)C(=O)CCCCCN=[N+]=[N-])(C(=O)O)CC(O)[C@H]2NC(=O)Cn2cc(C3CCCCC3)nn2)cc(C)c1O. The summed E-state index contributed by atoms with van der Waals surface area (Å²) in [6.45, 7) is 2.86. The fourth-order valence-electron chi connectivity index (χ4n) is 8.22. The van der Waals surface area contributed by atoms with Gasteiger partial charge in [-0.3, -0.25) is 14.4 Å². The summed E-state index contributed by atoms with van der Waals surface area (Å²) in [5, 5.41) is 72.2. The number of azide groups is 1. The van der Waals surface area contributed by atoms with Gasteiger partial charge in [-0.2, -0.15) is 0 Å². The van der Waals surface area contributed by atoms with Gasteiger partial charge in [0.05, 0.1) is 30.6 Å². The predicted octanol–water partition coefficient (Wildman–Crippen LogP) is 3.52. The Morgan fingerprint density at radius 3 is 2.47 bits per heavy atom. The van der Waals surface area contributed by atoms with Crippen LogP contribution < -0.4 is 10.6 Å². The number of carboxylic acid groups (broad SMARTS) is 1. The lowest BCUT2D eigenvalue weighted by Gasteiger charge is -2.46. The van der Waals surface area contributed by atoms with E-state index in [1.54, 1.807) is 24.9 Å². The molecule has 1 saturated carbocycles. The number of nitrogens with one attached hydrogen (secondary N) is 2. The van der Waals surface area contributed by atoms with E-state index in [1.165, 1.54) is 16.8 Å². The standard InChI is InChI=1S/C44H61N9O11/c1-28-21-32(22-29(2)39(28)58)42(60)46-24-35(55)40(59)41-38(48-36(56)27-53-26-33(49-51-53)31-15-8-4-9-16-31)34(54)23-44(64-41,43(61)62)63-20-12-19-52(25-30-13-6-3-7-14-30)37(57)17-10-5-11-18-47-50-45/h3,6-7,13-14,21-22,26,31,34-35,38,40-41,54-55,58-59H,4-5,8-12,15-20,23-25,27H2,1-2H3,(H,46,60)(H,48,56)(H,61,62)/t34?,35-,38-,40-,41?,44-/m1/s1. The lowest BCUT2D eigenvalue weighted by atomic mass is 9.87. The van der Waals surface area contributed by atoms with Crippen LogP contribution in [0.15, 0.2) is 53.8 Å². The summed E-state index contributed by atoms with van der Waals surface area (Å²) in [5.41, 5.74) is 11.2. The van der Waals surface area contributed by atoms with Gasteiger partial charge in [0, 0.05) is 61.6 Å². The number of hydrogen-bond donors (Lipinski definition) is 7. The summed E-state index contributed by atoms with van der Waals surface area (Å²) >= 11 is 0. The number of carbonyl (C=O) groups is 4. The van der Waals surface area contributed by atoms with Crippen LogP contribution in [0, 0.1) is 13.8 Å². The van der Waals surface area contributed by atoms with Crippen LogP contribution in [-0.4, -0.2) is 132 Å². The third-order valence-electron chi connectivity index (χ3n) is 11.8. The number of amides is 3. The molecular weight excluding hydrogens is 831 g/mol. The van der Waals surface area contributed by atoms with E-state index in [0.717, 1.165) is 43.4 Å². The molecule has 7 N–H and O–H groups in total. The average molecular weight is 892 g/mol. The maximum atomic E-state index is 13.5. The van der Waals surface area contributed by atoms with E-state index in [0.29, 0.717) is 36.9 Å². The van der Waals surface area contributed by atoms with Gasteiger partial charge in [0.15, 0.2) is 0 Å². The molecule has 2 unspecified atom stereocenters. The van der Waals surface area contributed by atoms with Crippen molar-refractivity contribution in [2.24, 2.45) is 5.11 Å². The summed E-state index contributed by atoms with van der Waals surface area (Å²) in [4.78, 5) is 57.4. The number of ether oxygens (including phenoxy) is 2. The highest BCUT2D eigenvalue weighted by atomic mass is 16.7. The first-order valence-electron chi connectivity index (χ1n) is 21.9. The number of phenolic OH excluding ortho intramolecular Hbond substituents is 1. The number of aromatic hydroxyl groups is 1. The second-order valence-corrected chi connectivity index (χ2v) is 16.7. The summed E-state index contributed by atoms with van der Waals surface area (Å²) in [6.07, 6.45) is 1.20. The van der Waals surface area contributed by atoms with Crippen molar-refractivity contribution in [2.45, 2.75) is 140 Å². The van der Waals surface area contributed by atoms with Crippen molar-refractivity contribution in [3.8, 4) is 5.75 Å². The average Bonchev–Trinajstić information content (AvgIpc) is 3.75. The van der Waals surface area contributed by atoms with Gasteiger partial charge >= 0.3 is 5.97 Å². The molecule has 2 fully saturated rings. The number of carbonyl (C=O) groups excluding carboxylic acids is 3. The smallest absolute Gasteiger partial charge is 0.364 e. The third kappa shape index (κ3) is 13.7. The van der Waals surface area contributed by atoms with E-state index in [1.807, 2.05) is 30.3 Å². The van der Waals surface area contributed by atoms with Gasteiger partial charge in [-0.1, -0.05) is 66.3 Å². The maximum Gasteiger partial charge on any atom is 0.364 e. The van der Waals surface area contributed by atoms with Gasteiger partial charge in [-0.25, -0.2) is 9.48 Å². The number of hydrogen-bond acceptors (Lipinski definition) is 13. The van der Waals surface area contributed by atoms with Crippen LogP contribution in [0.2, 0.25) is 0 Å². The maximum absolute atomic E-state index is 13.5. The lowest BCUT2D eigenvalue weighted by molar-refractivity contribution is -0.310. The van der Waals surface area contributed by atoms with Crippen molar-refractivity contribution >= 4 is 23.7 Å². The van der Waals surface area contributed by atoms with Crippen molar-refractivity contribution in [3.63, 3.8) is 0 Å². The van der Waals surface area contributed by atoms with Crippen LogP contribution in [0.5, 0.6) is 5.75 Å². The van der Waals surface area contributed by atoms with Crippen molar-refractivity contribution in [1.82, 2.24) is 30.5 Å². The van der Waals surface area contributed by atoms with E-state index >= 15 is 0 Å². The second-order valence-electron chi connectivity index (χ2n) is 16.7. The first-order valence-corrected chi connectivity index (χ1v) is 21.9. The van der Waals surface area contributed by atoms with E-state index < -0.39 is 67.0 Å². The number of aliphatic carboxylic acids is 1. The molecule has 1 aromatic heterocycles. The molecule has 0 radical (unpaired) electrons. The van der Waals surface area contributed by atoms with Crippen LogP contribution >= 0.6 is 0 Å². The minimum Gasteiger partial charge on any atom is -0.507 e. The topological polar surface area (TPSA) is 295 Å². The minimum absolute atomic E-state index is 0.0235. The number of aliphatic hydroxyl groups excluding tert-OH is 3. The quantitative estimate of drug-likeness (QED) is 0.0311. The molecule has 3 amide bonds. The van der Waals surface area contributed by atoms with Crippen LogP contribution in [0.25, 0.3) is 10.4 Å². The zero-order valence-corrected chi connectivity index (χ0v) is 36.4. The number of rotatable bonds is 23. The summed E-state index contributed by atoms with van der Waals surface area (Å²) in [7, 11) is 0. The minimum atomic E-state index is -2.57. The number of aryl methyl sites for hydroxylation is 2. The van der Waals surface area contributed by atoms with Gasteiger partial charge in [0.25, 0.3) is 11.7 Å². The molecule has 1 aliphatic carbocycles. The molecule has 20 heteroatoms. The molecule has 20 nitrogen and oxygen atoms in total. The Kier molecular flexibility index (Phi) is 18.4. The Morgan fingerprint density at radius 1 is 1.06 bits per heavy atom. The molecule has 3 aromatic rings. The molecule has 2 heterocycles. The highest BCUT2D eigenvalue weighted by Gasteiger charge is 2.56. The largest absolute Gasteiger partial charge is 0.507 e. The van der Waals surface area contributed by atoms with Crippen molar-refractivity contribution in [2.75, 3.05) is 26.2 Å². The van der Waals surface area contributed by atoms with Gasteiger partial charge in [-0.05, 0) is 80.3 Å². The van der Waals surface area contributed by atoms with Gasteiger partial charge < -0.3 is 50.5 Å². The van der Waals surface area contributed by atoms with Crippen LogP contribution in [0.1, 0.15) is 109 Å². The molecule has 0 spiro atoms. The highest BCUT2D eigenvalue weighted by Crippen LogP contribution is 2.34. The molecule has 5 rings (SSSR count). The number of unbranched alkanes of at least 4 members (excludes halogenated alkanes) is 2. The van der Waals surface area contributed by atoms with Gasteiger partial charge in [-0.15, -0.1) is 5.10 Å². The number of nitrogens with zero attached hydrogens (tertiary/aromatic N) is 7. The second kappa shape index (κ2) is 23.9. The Balaban J connectivity index is 1.29. The normalized spacial score (nSPS) is 21.0.